The Balaban J connectivity index is 1.30. The first-order valence-electron chi connectivity index (χ1n) is 12.2. The van der Waals surface area contributed by atoms with Gasteiger partial charge in [0.05, 0.1) is 18.9 Å². The number of hydrogen-bond donors (Lipinski definition) is 2. The minimum absolute atomic E-state index is 0.0150. The molecule has 10 nitrogen and oxygen atoms in total. The fourth-order valence-electron chi connectivity index (χ4n) is 4.00. The lowest BCUT2D eigenvalue weighted by Crippen LogP contribution is -2.49. The first-order chi connectivity index (χ1) is 18.0. The van der Waals surface area contributed by atoms with E-state index in [1.54, 1.807) is 13.3 Å². The maximum Gasteiger partial charge on any atom is 0.248 e. The third kappa shape index (κ3) is 7.48. The van der Waals surface area contributed by atoms with Crippen LogP contribution < -0.4 is 15.5 Å². The monoisotopic (exact) mass is 504 g/mol. The van der Waals surface area contributed by atoms with Crippen LogP contribution in [0, 0.1) is 0 Å². The fourth-order valence-corrected chi connectivity index (χ4v) is 4.00. The van der Waals surface area contributed by atoms with Gasteiger partial charge >= 0.3 is 0 Å². The lowest BCUT2D eigenvalue weighted by Gasteiger charge is -2.36. The van der Waals surface area contributed by atoms with E-state index in [4.69, 9.17) is 9.47 Å². The summed E-state index contributed by atoms with van der Waals surface area (Å²) in [4.78, 5) is 36.6. The Hall–Kier alpha value is -4.02. The van der Waals surface area contributed by atoms with Gasteiger partial charge in [-0.2, -0.15) is 0 Å². The van der Waals surface area contributed by atoms with Crippen LogP contribution in [0.25, 0.3) is 11.3 Å². The van der Waals surface area contributed by atoms with Gasteiger partial charge < -0.3 is 29.9 Å². The van der Waals surface area contributed by atoms with Gasteiger partial charge in [0.1, 0.15) is 6.61 Å². The van der Waals surface area contributed by atoms with Crippen molar-refractivity contribution in [3.63, 3.8) is 0 Å². The van der Waals surface area contributed by atoms with E-state index < -0.39 is 0 Å². The lowest BCUT2D eigenvalue weighted by molar-refractivity contribution is -0.136. The average Bonchev–Trinajstić information content (AvgIpc) is 2.92. The van der Waals surface area contributed by atoms with E-state index in [2.05, 4.69) is 37.6 Å². The molecule has 1 aromatic heterocycles. The van der Waals surface area contributed by atoms with Crippen molar-refractivity contribution in [3.8, 4) is 11.3 Å². The second-order valence-corrected chi connectivity index (χ2v) is 8.61. The molecule has 1 fully saturated rings. The van der Waals surface area contributed by atoms with E-state index in [0.29, 0.717) is 32.3 Å². The van der Waals surface area contributed by atoms with Gasteiger partial charge in [0.2, 0.25) is 17.8 Å². The van der Waals surface area contributed by atoms with Crippen molar-refractivity contribution in [3.05, 3.63) is 60.8 Å². The minimum atomic E-state index is -0.107. The van der Waals surface area contributed by atoms with Crippen molar-refractivity contribution in [1.82, 2.24) is 14.9 Å². The Morgan fingerprint density at radius 2 is 1.62 bits per heavy atom. The van der Waals surface area contributed by atoms with Gasteiger partial charge in [-0.3, -0.25) is 9.59 Å². The Morgan fingerprint density at radius 1 is 0.919 bits per heavy atom. The molecule has 1 saturated heterocycles. The van der Waals surface area contributed by atoms with E-state index in [1.807, 2.05) is 47.4 Å². The Morgan fingerprint density at radius 3 is 2.30 bits per heavy atom. The van der Waals surface area contributed by atoms with Gasteiger partial charge in [0.15, 0.2) is 0 Å². The highest BCUT2D eigenvalue weighted by molar-refractivity contribution is 5.88. The second kappa shape index (κ2) is 12.8. The molecule has 10 heteroatoms. The van der Waals surface area contributed by atoms with Crippen LogP contribution >= 0.6 is 0 Å². The average molecular weight is 505 g/mol. The first kappa shape index (κ1) is 26.1. The van der Waals surface area contributed by atoms with Crippen LogP contribution in [0.3, 0.4) is 0 Å². The fraction of sp³-hybridized carbons (Fsp3) is 0.333. The summed E-state index contributed by atoms with van der Waals surface area (Å²) in [6.07, 6.45) is 1.71. The summed E-state index contributed by atoms with van der Waals surface area (Å²) in [6, 6.07) is 17.5. The molecule has 0 radical (unpaired) electrons. The van der Waals surface area contributed by atoms with E-state index in [0.717, 1.165) is 41.4 Å². The van der Waals surface area contributed by atoms with Crippen LogP contribution in [0.5, 0.6) is 0 Å². The van der Waals surface area contributed by atoms with Gasteiger partial charge in [-0.15, -0.1) is 0 Å². The van der Waals surface area contributed by atoms with E-state index in [9.17, 15) is 9.59 Å². The highest BCUT2D eigenvalue weighted by Gasteiger charge is 2.21. The summed E-state index contributed by atoms with van der Waals surface area (Å²) < 4.78 is 10.3. The maximum atomic E-state index is 12.3. The number of ether oxygens (including phenoxy) is 2. The number of carbonyl (C=O) groups excluding carboxylic acids is 2. The molecule has 0 aliphatic carbocycles. The highest BCUT2D eigenvalue weighted by atomic mass is 16.5. The summed E-state index contributed by atoms with van der Waals surface area (Å²) in [5, 5.41) is 6.02. The van der Waals surface area contributed by atoms with Crippen molar-refractivity contribution in [1.29, 1.82) is 0 Å². The zero-order valence-corrected chi connectivity index (χ0v) is 21.1. The third-order valence-electron chi connectivity index (χ3n) is 5.93. The third-order valence-corrected chi connectivity index (χ3v) is 5.93. The SMILES string of the molecule is COCCOCC(=O)N1CCN(c2ccc(Nc3nccc(-c4ccc(NC(C)=O)cc4)n3)cc2)CC1. The largest absolute Gasteiger partial charge is 0.382 e. The van der Waals surface area contributed by atoms with Crippen molar-refractivity contribution < 1.29 is 19.1 Å². The molecule has 0 atom stereocenters. The number of hydrogen-bond acceptors (Lipinski definition) is 8. The predicted molar refractivity (Wildman–Crippen MR) is 143 cm³/mol. The van der Waals surface area contributed by atoms with Crippen molar-refractivity contribution in [2.24, 2.45) is 0 Å². The van der Waals surface area contributed by atoms with E-state index in [1.165, 1.54) is 6.92 Å². The molecule has 4 rings (SSSR count). The number of carbonyl (C=O) groups is 2. The van der Waals surface area contributed by atoms with Gasteiger partial charge in [-0.1, -0.05) is 12.1 Å². The quantitative estimate of drug-likeness (QED) is 0.406. The van der Waals surface area contributed by atoms with Gasteiger partial charge in [-0.25, -0.2) is 9.97 Å². The summed E-state index contributed by atoms with van der Waals surface area (Å²) in [5.74, 6) is 0.404. The number of methoxy groups -OCH3 is 1. The van der Waals surface area contributed by atoms with Crippen LogP contribution in [0.1, 0.15) is 6.92 Å². The highest BCUT2D eigenvalue weighted by Crippen LogP contribution is 2.23. The van der Waals surface area contributed by atoms with Crippen molar-refractivity contribution >= 4 is 34.8 Å². The topological polar surface area (TPSA) is 109 Å². The number of rotatable bonds is 10. The Bertz CT molecular complexity index is 1180. The molecule has 2 N–H and O–H groups in total. The molecule has 3 aromatic rings. The molecular formula is C27H32N6O4. The normalized spacial score (nSPS) is 13.4. The van der Waals surface area contributed by atoms with Crippen LogP contribution in [0.15, 0.2) is 60.8 Å². The number of nitrogens with zero attached hydrogens (tertiary/aromatic N) is 4. The zero-order valence-electron chi connectivity index (χ0n) is 21.1. The molecule has 2 heterocycles. The molecular weight excluding hydrogens is 472 g/mol. The van der Waals surface area contributed by atoms with Crippen LogP contribution in [0.4, 0.5) is 23.0 Å². The Labute approximate surface area is 216 Å². The number of nitrogens with one attached hydrogen (secondary N) is 2. The molecule has 0 spiro atoms. The van der Waals surface area contributed by atoms with Crippen molar-refractivity contribution in [2.45, 2.75) is 6.92 Å². The molecule has 37 heavy (non-hydrogen) atoms. The summed E-state index contributed by atoms with van der Waals surface area (Å²) in [6.45, 7) is 5.34. The molecule has 2 aromatic carbocycles. The minimum Gasteiger partial charge on any atom is -0.382 e. The number of amides is 2. The zero-order chi connectivity index (χ0) is 26.0. The summed E-state index contributed by atoms with van der Waals surface area (Å²) in [5.41, 5.74) is 4.42. The second-order valence-electron chi connectivity index (χ2n) is 8.61. The predicted octanol–water partition coefficient (Wildman–Crippen LogP) is 3.16. The summed E-state index contributed by atoms with van der Waals surface area (Å²) >= 11 is 0. The maximum absolute atomic E-state index is 12.3. The molecule has 1 aliphatic rings. The number of aromatic nitrogens is 2. The van der Waals surface area contributed by atoms with E-state index >= 15 is 0 Å². The molecule has 2 amide bonds. The van der Waals surface area contributed by atoms with Gasteiger partial charge in [0, 0.05) is 69.0 Å². The van der Waals surface area contributed by atoms with Gasteiger partial charge in [-0.05, 0) is 42.5 Å². The lowest BCUT2D eigenvalue weighted by atomic mass is 10.1. The molecule has 0 saturated carbocycles. The Kier molecular flexibility index (Phi) is 9.01. The molecule has 0 bridgehead atoms. The molecule has 1 aliphatic heterocycles. The number of anilines is 4. The summed E-state index contributed by atoms with van der Waals surface area (Å²) in [7, 11) is 1.61. The first-order valence-corrected chi connectivity index (χ1v) is 12.2. The molecule has 194 valence electrons. The van der Waals surface area contributed by atoms with Crippen LogP contribution in [0.2, 0.25) is 0 Å². The number of benzene rings is 2. The van der Waals surface area contributed by atoms with Crippen LogP contribution in [-0.4, -0.2) is 79.8 Å². The standard InChI is InChI=1S/C27H32N6O4/c1-20(34)29-22-5-3-21(4-6-22)25-11-12-28-27(31-25)30-23-7-9-24(10-8-23)32-13-15-33(16-14-32)26(35)19-37-18-17-36-2/h3-12H,13-19H2,1-2H3,(H,29,34)(H,28,30,31). The smallest absolute Gasteiger partial charge is 0.248 e. The molecule has 0 unspecified atom stereocenters. The van der Waals surface area contributed by atoms with Crippen LogP contribution in [-0.2, 0) is 19.1 Å². The number of piperazine rings is 1. The van der Waals surface area contributed by atoms with Gasteiger partial charge in [0.25, 0.3) is 0 Å². The van der Waals surface area contributed by atoms with Crippen molar-refractivity contribution in [2.75, 3.05) is 68.6 Å². The van der Waals surface area contributed by atoms with E-state index in [-0.39, 0.29) is 18.4 Å².